The molecule has 2 N–H and O–H groups in total. The zero-order valence-electron chi connectivity index (χ0n) is 14.8. The molecule has 1 saturated heterocycles. The van der Waals surface area contributed by atoms with Gasteiger partial charge in [-0.15, -0.1) is 0 Å². The van der Waals surface area contributed by atoms with Gasteiger partial charge in [-0.1, -0.05) is 48.0 Å². The fraction of sp³-hybridized carbons (Fsp3) is 0.368. The van der Waals surface area contributed by atoms with E-state index in [9.17, 15) is 18.6 Å². The Balaban J connectivity index is 1.64. The van der Waals surface area contributed by atoms with E-state index in [1.54, 1.807) is 24.3 Å². The lowest BCUT2D eigenvalue weighted by Crippen LogP contribution is -2.49. The highest BCUT2D eigenvalue weighted by atomic mass is 32.2. The average Bonchev–Trinajstić information content (AvgIpc) is 2.67. The standard InChI is InChI=1S/C19H22O7S/c1-13-7-9-15(10-8-13)27(22,23)25-12-17(21)18-16(20)11-24-19(26-18)14-5-3-2-4-6-14/h2-10,16-21H,11-12H2,1H3/t16-,17-,18+,19+/m1/s1. The van der Waals surface area contributed by atoms with Crippen molar-refractivity contribution in [2.45, 2.75) is 36.4 Å². The third-order valence-electron chi connectivity index (χ3n) is 4.23. The van der Waals surface area contributed by atoms with Crippen LogP contribution in [-0.2, 0) is 23.8 Å². The maximum atomic E-state index is 12.2. The summed E-state index contributed by atoms with van der Waals surface area (Å²) in [4.78, 5) is -0.00379. The first kappa shape index (κ1) is 19.9. The minimum atomic E-state index is -4.02. The first-order valence-electron chi connectivity index (χ1n) is 8.51. The number of hydrogen-bond acceptors (Lipinski definition) is 7. The lowest BCUT2D eigenvalue weighted by Gasteiger charge is -2.36. The second-order valence-electron chi connectivity index (χ2n) is 6.36. The predicted molar refractivity (Wildman–Crippen MR) is 96.3 cm³/mol. The van der Waals surface area contributed by atoms with E-state index in [0.717, 1.165) is 11.1 Å². The molecule has 2 aromatic rings. The summed E-state index contributed by atoms with van der Waals surface area (Å²) >= 11 is 0. The highest BCUT2D eigenvalue weighted by molar-refractivity contribution is 7.86. The van der Waals surface area contributed by atoms with Gasteiger partial charge in [0.15, 0.2) is 6.29 Å². The van der Waals surface area contributed by atoms with Gasteiger partial charge in [-0.2, -0.15) is 8.42 Å². The molecule has 1 fully saturated rings. The largest absolute Gasteiger partial charge is 0.388 e. The van der Waals surface area contributed by atoms with Gasteiger partial charge in [0.25, 0.3) is 10.1 Å². The van der Waals surface area contributed by atoms with Crippen molar-refractivity contribution in [1.29, 1.82) is 0 Å². The highest BCUT2D eigenvalue weighted by Crippen LogP contribution is 2.28. The van der Waals surface area contributed by atoms with Crippen molar-refractivity contribution in [1.82, 2.24) is 0 Å². The van der Waals surface area contributed by atoms with Crippen molar-refractivity contribution in [2.75, 3.05) is 13.2 Å². The minimum absolute atomic E-state index is 0.00379. The summed E-state index contributed by atoms with van der Waals surface area (Å²) in [5.74, 6) is 0. The molecule has 0 amide bonds. The Hall–Kier alpha value is -1.81. The molecule has 8 heteroatoms. The Morgan fingerprint density at radius 1 is 1.15 bits per heavy atom. The van der Waals surface area contributed by atoms with Crippen LogP contribution in [0.15, 0.2) is 59.5 Å². The molecule has 1 heterocycles. The molecule has 0 saturated carbocycles. The molecule has 1 aliphatic heterocycles. The monoisotopic (exact) mass is 394 g/mol. The van der Waals surface area contributed by atoms with Crippen molar-refractivity contribution in [3.8, 4) is 0 Å². The number of aryl methyl sites for hydroxylation is 1. The Bertz CT molecular complexity index is 836. The van der Waals surface area contributed by atoms with Crippen LogP contribution in [0.4, 0.5) is 0 Å². The molecule has 3 rings (SSSR count). The van der Waals surface area contributed by atoms with E-state index in [-0.39, 0.29) is 11.5 Å². The van der Waals surface area contributed by atoms with Gasteiger partial charge in [0.2, 0.25) is 0 Å². The van der Waals surface area contributed by atoms with Crippen LogP contribution in [0, 0.1) is 6.92 Å². The Morgan fingerprint density at radius 2 is 1.81 bits per heavy atom. The zero-order valence-corrected chi connectivity index (χ0v) is 15.6. The van der Waals surface area contributed by atoms with E-state index in [2.05, 4.69) is 0 Å². The second-order valence-corrected chi connectivity index (χ2v) is 7.98. The summed E-state index contributed by atoms with van der Waals surface area (Å²) in [6.45, 7) is 1.25. The summed E-state index contributed by atoms with van der Waals surface area (Å²) in [6.07, 6.45) is -4.26. The summed E-state index contributed by atoms with van der Waals surface area (Å²) in [5.41, 5.74) is 1.65. The first-order chi connectivity index (χ1) is 12.9. The van der Waals surface area contributed by atoms with Crippen molar-refractivity contribution < 1.29 is 32.3 Å². The molecule has 0 bridgehead atoms. The van der Waals surface area contributed by atoms with Crippen LogP contribution in [0.25, 0.3) is 0 Å². The molecule has 0 unspecified atom stereocenters. The van der Waals surface area contributed by atoms with Gasteiger partial charge in [0.1, 0.15) is 18.3 Å². The number of ether oxygens (including phenoxy) is 2. The van der Waals surface area contributed by atoms with Gasteiger partial charge >= 0.3 is 0 Å². The molecular weight excluding hydrogens is 372 g/mol. The number of aliphatic hydroxyl groups is 2. The Kier molecular flexibility index (Phi) is 6.25. The normalized spacial score (nSPS) is 24.5. The van der Waals surface area contributed by atoms with Crippen molar-refractivity contribution in [2.24, 2.45) is 0 Å². The zero-order chi connectivity index (χ0) is 19.4. The summed E-state index contributed by atoms with van der Waals surface area (Å²) in [5, 5.41) is 20.4. The van der Waals surface area contributed by atoms with Crippen LogP contribution in [0.5, 0.6) is 0 Å². The lowest BCUT2D eigenvalue weighted by atomic mass is 10.1. The highest BCUT2D eigenvalue weighted by Gasteiger charge is 2.37. The third-order valence-corrected chi connectivity index (χ3v) is 5.53. The van der Waals surface area contributed by atoms with Gasteiger partial charge < -0.3 is 19.7 Å². The molecule has 7 nitrogen and oxygen atoms in total. The molecule has 2 aromatic carbocycles. The number of benzene rings is 2. The van der Waals surface area contributed by atoms with E-state index in [1.165, 1.54) is 12.1 Å². The third kappa shape index (κ3) is 4.92. The summed E-state index contributed by atoms with van der Waals surface area (Å²) < 4.78 is 40.5. The van der Waals surface area contributed by atoms with Crippen LogP contribution in [-0.4, -0.2) is 50.2 Å². The van der Waals surface area contributed by atoms with Crippen molar-refractivity contribution >= 4 is 10.1 Å². The second kappa shape index (κ2) is 8.47. The number of hydrogen-bond donors (Lipinski definition) is 2. The number of rotatable bonds is 6. The molecular formula is C19H22O7S. The van der Waals surface area contributed by atoms with Crippen LogP contribution in [0.3, 0.4) is 0 Å². The summed E-state index contributed by atoms with van der Waals surface area (Å²) in [7, 11) is -4.02. The fourth-order valence-corrected chi connectivity index (χ4v) is 3.64. The predicted octanol–water partition coefficient (Wildman–Crippen LogP) is 1.54. The quantitative estimate of drug-likeness (QED) is 0.717. The first-order valence-corrected chi connectivity index (χ1v) is 9.92. The van der Waals surface area contributed by atoms with Crippen LogP contribution >= 0.6 is 0 Å². The van der Waals surface area contributed by atoms with Gasteiger partial charge in [-0.25, -0.2) is 0 Å². The lowest BCUT2D eigenvalue weighted by molar-refractivity contribution is -0.277. The SMILES string of the molecule is Cc1ccc(S(=O)(=O)OC[C@@H](O)[C@H]2O[C@@H](c3ccccc3)OC[C@H]2O)cc1. The number of aliphatic hydroxyl groups excluding tert-OH is 2. The average molecular weight is 394 g/mol. The van der Waals surface area contributed by atoms with Crippen molar-refractivity contribution in [3.63, 3.8) is 0 Å². The van der Waals surface area contributed by atoms with Crippen LogP contribution in [0.2, 0.25) is 0 Å². The Labute approximate surface area is 158 Å². The molecule has 4 atom stereocenters. The van der Waals surface area contributed by atoms with E-state index in [1.807, 2.05) is 25.1 Å². The van der Waals surface area contributed by atoms with Gasteiger partial charge in [0, 0.05) is 5.56 Å². The van der Waals surface area contributed by atoms with E-state index in [0.29, 0.717) is 0 Å². The summed E-state index contributed by atoms with van der Waals surface area (Å²) in [6, 6.07) is 15.2. The molecule has 0 radical (unpaired) electrons. The smallest absolute Gasteiger partial charge is 0.297 e. The van der Waals surface area contributed by atoms with Gasteiger partial charge in [0.05, 0.1) is 18.1 Å². The van der Waals surface area contributed by atoms with Gasteiger partial charge in [-0.05, 0) is 19.1 Å². The minimum Gasteiger partial charge on any atom is -0.388 e. The molecule has 146 valence electrons. The maximum Gasteiger partial charge on any atom is 0.297 e. The van der Waals surface area contributed by atoms with E-state index in [4.69, 9.17) is 13.7 Å². The molecule has 1 aliphatic rings. The van der Waals surface area contributed by atoms with Crippen molar-refractivity contribution in [3.05, 3.63) is 65.7 Å². The maximum absolute atomic E-state index is 12.2. The topological polar surface area (TPSA) is 102 Å². The molecule has 0 aromatic heterocycles. The molecule has 0 spiro atoms. The van der Waals surface area contributed by atoms with E-state index < -0.39 is 41.3 Å². The van der Waals surface area contributed by atoms with Crippen LogP contribution < -0.4 is 0 Å². The van der Waals surface area contributed by atoms with Gasteiger partial charge in [-0.3, -0.25) is 4.18 Å². The fourth-order valence-electron chi connectivity index (χ4n) is 2.71. The molecule has 27 heavy (non-hydrogen) atoms. The van der Waals surface area contributed by atoms with Crippen LogP contribution in [0.1, 0.15) is 17.4 Å². The molecule has 0 aliphatic carbocycles. The van der Waals surface area contributed by atoms with E-state index >= 15 is 0 Å². The Morgan fingerprint density at radius 3 is 2.48 bits per heavy atom.